The minimum absolute atomic E-state index is 0.0578. The minimum Gasteiger partial charge on any atom is -0.378 e. The number of halogens is 2. The van der Waals surface area contributed by atoms with Crippen LogP contribution in [0.1, 0.15) is 10.5 Å². The van der Waals surface area contributed by atoms with E-state index in [4.69, 9.17) is 4.74 Å². The number of hydrogen-bond acceptors (Lipinski definition) is 3. The first-order valence-corrected chi connectivity index (χ1v) is 5.54. The molecule has 0 aromatic carbocycles. The van der Waals surface area contributed by atoms with E-state index >= 15 is 0 Å². The predicted molar refractivity (Wildman–Crippen MR) is 58.6 cm³/mol. The molecule has 0 unspecified atom stereocenters. The van der Waals surface area contributed by atoms with Crippen molar-refractivity contribution in [1.82, 2.24) is 9.88 Å². The summed E-state index contributed by atoms with van der Waals surface area (Å²) in [7, 11) is 1.59. The lowest BCUT2D eigenvalue weighted by molar-refractivity contribution is -0.0197. The largest absolute Gasteiger partial charge is 0.378 e. The van der Waals surface area contributed by atoms with Gasteiger partial charge in [0.15, 0.2) is 11.5 Å². The number of hydrogen-bond donors (Lipinski definition) is 0. The number of nitrogens with zero attached hydrogens (tertiary/aromatic N) is 2. The molecule has 1 aromatic heterocycles. The number of carbonyl (C=O) groups is 1. The number of aromatic nitrogens is 1. The van der Waals surface area contributed by atoms with E-state index in [0.29, 0.717) is 17.6 Å². The Kier molecular flexibility index (Phi) is 3.20. The molecular formula is C10H10BrFN2O2. The Hall–Kier alpha value is -1.01. The smallest absolute Gasteiger partial charge is 0.275 e. The van der Waals surface area contributed by atoms with E-state index in [1.165, 1.54) is 17.2 Å². The SMILES string of the molecule is COC1CN(C(=O)c2ncc(Br)cc2F)C1. The minimum atomic E-state index is -0.611. The highest BCUT2D eigenvalue weighted by Crippen LogP contribution is 2.18. The van der Waals surface area contributed by atoms with Crippen LogP contribution in [0, 0.1) is 5.82 Å². The molecule has 2 heterocycles. The lowest BCUT2D eigenvalue weighted by Crippen LogP contribution is -2.54. The highest BCUT2D eigenvalue weighted by atomic mass is 79.9. The van der Waals surface area contributed by atoms with Crippen molar-refractivity contribution < 1.29 is 13.9 Å². The first kappa shape index (κ1) is 11.5. The van der Waals surface area contributed by atoms with E-state index in [0.717, 1.165) is 0 Å². The van der Waals surface area contributed by atoms with Gasteiger partial charge in [0.25, 0.3) is 5.91 Å². The van der Waals surface area contributed by atoms with Gasteiger partial charge in [-0.2, -0.15) is 0 Å². The van der Waals surface area contributed by atoms with Crippen molar-refractivity contribution in [2.75, 3.05) is 20.2 Å². The van der Waals surface area contributed by atoms with Gasteiger partial charge in [0.05, 0.1) is 6.10 Å². The second-order valence-electron chi connectivity index (χ2n) is 3.55. The normalized spacial score (nSPS) is 16.1. The summed E-state index contributed by atoms with van der Waals surface area (Å²) in [6, 6.07) is 1.23. The Morgan fingerprint density at radius 1 is 1.69 bits per heavy atom. The van der Waals surface area contributed by atoms with E-state index in [-0.39, 0.29) is 11.8 Å². The molecule has 16 heavy (non-hydrogen) atoms. The van der Waals surface area contributed by atoms with E-state index in [1.807, 2.05) is 0 Å². The van der Waals surface area contributed by atoms with Crippen molar-refractivity contribution in [2.24, 2.45) is 0 Å². The maximum Gasteiger partial charge on any atom is 0.275 e. The van der Waals surface area contributed by atoms with Gasteiger partial charge in [0.2, 0.25) is 0 Å². The van der Waals surface area contributed by atoms with Crippen LogP contribution in [0.2, 0.25) is 0 Å². The first-order chi connectivity index (χ1) is 7.61. The van der Waals surface area contributed by atoms with E-state index in [2.05, 4.69) is 20.9 Å². The lowest BCUT2D eigenvalue weighted by atomic mass is 10.1. The van der Waals surface area contributed by atoms with Gasteiger partial charge in [-0.05, 0) is 22.0 Å². The Bertz CT molecular complexity index is 421. The third-order valence-electron chi connectivity index (χ3n) is 2.48. The summed E-state index contributed by atoms with van der Waals surface area (Å²) in [5, 5.41) is 0. The summed E-state index contributed by atoms with van der Waals surface area (Å²) in [5.41, 5.74) is -0.141. The van der Waals surface area contributed by atoms with Crippen LogP contribution in [0.5, 0.6) is 0 Å². The summed E-state index contributed by atoms with van der Waals surface area (Å²) in [5.74, 6) is -1.00. The molecule has 0 saturated carbocycles. The van der Waals surface area contributed by atoms with Gasteiger partial charge in [0.1, 0.15) is 0 Å². The molecule has 1 aliphatic rings. The van der Waals surface area contributed by atoms with E-state index in [9.17, 15) is 9.18 Å². The average molecular weight is 289 g/mol. The highest BCUT2D eigenvalue weighted by Gasteiger charge is 2.32. The molecule has 6 heteroatoms. The Labute approximate surface area is 101 Å². The number of amides is 1. The molecule has 4 nitrogen and oxygen atoms in total. The molecule has 0 bridgehead atoms. The second-order valence-corrected chi connectivity index (χ2v) is 4.47. The van der Waals surface area contributed by atoms with Crippen molar-refractivity contribution in [3.05, 3.63) is 28.2 Å². The zero-order chi connectivity index (χ0) is 11.7. The van der Waals surface area contributed by atoms with Crippen molar-refractivity contribution in [1.29, 1.82) is 0 Å². The number of carbonyl (C=O) groups excluding carboxylic acids is 1. The number of rotatable bonds is 2. The standard InChI is InChI=1S/C10H10BrFN2O2/c1-16-7-4-14(5-7)10(15)9-8(12)2-6(11)3-13-9/h2-3,7H,4-5H2,1H3. The Morgan fingerprint density at radius 3 is 2.94 bits per heavy atom. The van der Waals surface area contributed by atoms with Gasteiger partial charge in [0, 0.05) is 30.9 Å². The van der Waals surface area contributed by atoms with Crippen molar-refractivity contribution >= 4 is 21.8 Å². The molecular weight excluding hydrogens is 279 g/mol. The monoisotopic (exact) mass is 288 g/mol. The maximum absolute atomic E-state index is 13.4. The topological polar surface area (TPSA) is 42.4 Å². The molecule has 1 amide bonds. The third kappa shape index (κ3) is 2.08. The predicted octanol–water partition coefficient (Wildman–Crippen LogP) is 1.45. The fraction of sp³-hybridized carbons (Fsp3) is 0.400. The molecule has 0 N–H and O–H groups in total. The Balaban J connectivity index is 2.10. The molecule has 0 atom stereocenters. The number of likely N-dealkylation sites (tertiary alicyclic amines) is 1. The zero-order valence-electron chi connectivity index (χ0n) is 8.61. The molecule has 1 saturated heterocycles. The molecule has 2 rings (SSSR count). The quantitative estimate of drug-likeness (QED) is 0.827. The molecule has 1 aromatic rings. The number of methoxy groups -OCH3 is 1. The highest BCUT2D eigenvalue weighted by molar-refractivity contribution is 9.10. The number of ether oxygens (including phenoxy) is 1. The zero-order valence-corrected chi connectivity index (χ0v) is 10.2. The van der Waals surface area contributed by atoms with Crippen molar-refractivity contribution in [3.63, 3.8) is 0 Å². The molecule has 0 aliphatic carbocycles. The van der Waals surface area contributed by atoms with Gasteiger partial charge < -0.3 is 9.64 Å². The van der Waals surface area contributed by atoms with Crippen LogP contribution in [-0.4, -0.2) is 42.1 Å². The molecule has 0 radical (unpaired) electrons. The van der Waals surface area contributed by atoms with E-state index in [1.54, 1.807) is 7.11 Å². The summed E-state index contributed by atoms with van der Waals surface area (Å²) in [6.07, 6.45) is 1.46. The summed E-state index contributed by atoms with van der Waals surface area (Å²) in [4.78, 5) is 17.1. The van der Waals surface area contributed by atoms with Crippen LogP contribution in [0.25, 0.3) is 0 Å². The molecule has 0 spiro atoms. The van der Waals surface area contributed by atoms with Crippen LogP contribution in [0.15, 0.2) is 16.7 Å². The van der Waals surface area contributed by atoms with E-state index < -0.39 is 11.7 Å². The van der Waals surface area contributed by atoms with Gasteiger partial charge in [-0.1, -0.05) is 0 Å². The van der Waals surface area contributed by atoms with Crippen LogP contribution >= 0.6 is 15.9 Å². The average Bonchev–Trinajstić information content (AvgIpc) is 2.15. The summed E-state index contributed by atoms with van der Waals surface area (Å²) >= 11 is 3.09. The maximum atomic E-state index is 13.4. The second kappa shape index (κ2) is 4.47. The molecule has 1 aliphatic heterocycles. The van der Waals surface area contributed by atoms with Crippen LogP contribution in [-0.2, 0) is 4.74 Å². The fourth-order valence-corrected chi connectivity index (χ4v) is 1.78. The first-order valence-electron chi connectivity index (χ1n) is 4.75. The van der Waals surface area contributed by atoms with Gasteiger partial charge >= 0.3 is 0 Å². The molecule has 86 valence electrons. The van der Waals surface area contributed by atoms with Gasteiger partial charge in [-0.25, -0.2) is 9.37 Å². The molecule has 1 fully saturated rings. The van der Waals surface area contributed by atoms with Gasteiger partial charge in [-0.3, -0.25) is 4.79 Å². The van der Waals surface area contributed by atoms with Gasteiger partial charge in [-0.15, -0.1) is 0 Å². The Morgan fingerprint density at radius 2 is 2.38 bits per heavy atom. The number of pyridine rings is 1. The van der Waals surface area contributed by atoms with Crippen molar-refractivity contribution in [3.8, 4) is 0 Å². The summed E-state index contributed by atoms with van der Waals surface area (Å²) in [6.45, 7) is 0.985. The fourth-order valence-electron chi connectivity index (χ4n) is 1.47. The van der Waals surface area contributed by atoms with Crippen molar-refractivity contribution in [2.45, 2.75) is 6.10 Å². The van der Waals surface area contributed by atoms with Crippen LogP contribution in [0.3, 0.4) is 0 Å². The van der Waals surface area contributed by atoms with Crippen LogP contribution < -0.4 is 0 Å². The van der Waals surface area contributed by atoms with Crippen LogP contribution in [0.4, 0.5) is 4.39 Å². The lowest BCUT2D eigenvalue weighted by Gasteiger charge is -2.37. The summed E-state index contributed by atoms with van der Waals surface area (Å²) < 4.78 is 19.0. The third-order valence-corrected chi connectivity index (χ3v) is 2.91.